The van der Waals surface area contributed by atoms with Gasteiger partial charge in [0.15, 0.2) is 5.92 Å². The molecule has 1 unspecified atom stereocenters. The van der Waals surface area contributed by atoms with Crippen molar-refractivity contribution in [2.45, 2.75) is 13.0 Å². The minimum Gasteiger partial charge on any atom is -0.468 e. The number of methoxy groups -OCH3 is 2. The first-order chi connectivity index (χ1) is 13.0. The lowest BCUT2D eigenvalue weighted by atomic mass is 9.86. The molecule has 0 amide bonds. The average molecular weight is 369 g/mol. The molecule has 0 bridgehead atoms. The monoisotopic (exact) mass is 369 g/mol. The average Bonchev–Trinajstić information content (AvgIpc) is 2.69. The lowest BCUT2D eigenvalue weighted by Crippen LogP contribution is -2.40. The highest BCUT2D eigenvalue weighted by Crippen LogP contribution is 2.23. The van der Waals surface area contributed by atoms with Crippen LogP contribution in [0, 0.1) is 11.8 Å². The molecule has 0 aliphatic carbocycles. The van der Waals surface area contributed by atoms with Crippen molar-refractivity contribution in [1.82, 2.24) is 4.90 Å². The Bertz CT molecular complexity index is 702. The van der Waals surface area contributed by atoms with Crippen molar-refractivity contribution in [2.75, 3.05) is 27.8 Å². The second-order valence-corrected chi connectivity index (χ2v) is 6.66. The predicted octanol–water partition coefficient (Wildman–Crippen LogP) is 2.94. The van der Waals surface area contributed by atoms with Crippen LogP contribution in [0.3, 0.4) is 0 Å². The van der Waals surface area contributed by atoms with Gasteiger partial charge in [0.1, 0.15) is 0 Å². The van der Waals surface area contributed by atoms with Crippen molar-refractivity contribution in [2.24, 2.45) is 11.8 Å². The molecule has 144 valence electrons. The lowest BCUT2D eigenvalue weighted by molar-refractivity contribution is -0.161. The molecule has 2 aromatic carbocycles. The van der Waals surface area contributed by atoms with Gasteiger partial charge in [-0.2, -0.15) is 0 Å². The number of benzene rings is 2. The molecule has 2 rings (SSSR count). The number of carbonyl (C=O) groups is 2. The van der Waals surface area contributed by atoms with E-state index in [0.29, 0.717) is 13.0 Å². The van der Waals surface area contributed by atoms with E-state index in [-0.39, 0.29) is 5.92 Å². The van der Waals surface area contributed by atoms with E-state index < -0.39 is 17.9 Å². The first-order valence-electron chi connectivity index (χ1n) is 8.97. The van der Waals surface area contributed by atoms with Gasteiger partial charge in [-0.15, -0.1) is 0 Å². The number of ether oxygens (including phenoxy) is 2. The van der Waals surface area contributed by atoms with Gasteiger partial charge in [-0.25, -0.2) is 0 Å². The molecule has 0 radical (unpaired) electrons. The van der Waals surface area contributed by atoms with E-state index in [2.05, 4.69) is 17.0 Å². The zero-order chi connectivity index (χ0) is 19.6. The van der Waals surface area contributed by atoms with Crippen LogP contribution < -0.4 is 0 Å². The molecule has 27 heavy (non-hydrogen) atoms. The Morgan fingerprint density at radius 2 is 1.33 bits per heavy atom. The maximum absolute atomic E-state index is 12.3. The van der Waals surface area contributed by atoms with Gasteiger partial charge in [0, 0.05) is 13.1 Å². The number of esters is 2. The third-order valence-corrected chi connectivity index (χ3v) is 4.56. The molecule has 0 saturated heterocycles. The minimum atomic E-state index is -0.960. The number of hydrogen-bond acceptors (Lipinski definition) is 5. The molecule has 0 heterocycles. The molecular weight excluding hydrogens is 342 g/mol. The van der Waals surface area contributed by atoms with Crippen LogP contribution >= 0.6 is 0 Å². The first kappa shape index (κ1) is 20.6. The summed E-state index contributed by atoms with van der Waals surface area (Å²) in [6.07, 6.45) is 0.578. The summed E-state index contributed by atoms with van der Waals surface area (Å²) in [5.41, 5.74) is 2.24. The van der Waals surface area contributed by atoms with Gasteiger partial charge in [0.2, 0.25) is 0 Å². The Morgan fingerprint density at radius 3 is 1.81 bits per heavy atom. The van der Waals surface area contributed by atoms with Crippen molar-refractivity contribution >= 4 is 11.9 Å². The fourth-order valence-corrected chi connectivity index (χ4v) is 3.30. The van der Waals surface area contributed by atoms with E-state index in [4.69, 9.17) is 9.47 Å². The third-order valence-electron chi connectivity index (χ3n) is 4.56. The van der Waals surface area contributed by atoms with E-state index in [9.17, 15) is 9.59 Å². The van der Waals surface area contributed by atoms with Crippen molar-refractivity contribution < 1.29 is 19.1 Å². The topological polar surface area (TPSA) is 55.8 Å². The Kier molecular flexibility index (Phi) is 8.01. The molecular formula is C22H27NO4. The molecule has 0 fully saturated rings. The molecule has 0 saturated carbocycles. The fourth-order valence-electron chi connectivity index (χ4n) is 3.30. The van der Waals surface area contributed by atoms with Gasteiger partial charge in [-0.1, -0.05) is 60.7 Å². The SMILES string of the molecule is COC(=O)C(C(=O)OC)C(Cc1ccccc1)CN(C)Cc1ccccc1. The second kappa shape index (κ2) is 10.5. The Hall–Kier alpha value is -2.66. The van der Waals surface area contributed by atoms with Crippen LogP contribution in [-0.2, 0) is 32.0 Å². The van der Waals surface area contributed by atoms with Gasteiger partial charge in [-0.3, -0.25) is 9.59 Å². The van der Waals surface area contributed by atoms with Gasteiger partial charge >= 0.3 is 11.9 Å². The maximum atomic E-state index is 12.3. The maximum Gasteiger partial charge on any atom is 0.320 e. The number of carbonyl (C=O) groups excluding carboxylic acids is 2. The van der Waals surface area contributed by atoms with Crippen molar-refractivity contribution in [3.8, 4) is 0 Å². The summed E-state index contributed by atoms with van der Waals surface area (Å²) in [6, 6.07) is 19.9. The standard InChI is InChI=1S/C22H27NO4/c1-23(15-18-12-8-5-9-13-18)16-19(14-17-10-6-4-7-11-17)20(21(24)26-2)22(25)27-3/h4-13,19-20H,14-16H2,1-3H3. The summed E-state index contributed by atoms with van der Waals surface area (Å²) in [7, 11) is 4.58. The molecule has 1 atom stereocenters. The van der Waals surface area contributed by atoms with Crippen molar-refractivity contribution in [1.29, 1.82) is 0 Å². The fraction of sp³-hybridized carbons (Fsp3) is 0.364. The Labute approximate surface area is 160 Å². The predicted molar refractivity (Wildman–Crippen MR) is 104 cm³/mol. The summed E-state index contributed by atoms with van der Waals surface area (Å²) < 4.78 is 9.79. The number of nitrogens with zero attached hydrogens (tertiary/aromatic N) is 1. The largest absolute Gasteiger partial charge is 0.468 e. The van der Waals surface area contributed by atoms with Gasteiger partial charge in [-0.05, 0) is 30.5 Å². The highest BCUT2D eigenvalue weighted by molar-refractivity contribution is 5.95. The molecule has 5 nitrogen and oxygen atoms in total. The second-order valence-electron chi connectivity index (χ2n) is 6.66. The van der Waals surface area contributed by atoms with E-state index in [1.54, 1.807) is 0 Å². The van der Waals surface area contributed by atoms with E-state index >= 15 is 0 Å². The van der Waals surface area contributed by atoms with Crippen LogP contribution in [-0.4, -0.2) is 44.7 Å². The third kappa shape index (κ3) is 6.22. The van der Waals surface area contributed by atoms with Gasteiger partial charge in [0.05, 0.1) is 14.2 Å². The van der Waals surface area contributed by atoms with Crippen LogP contribution in [0.1, 0.15) is 11.1 Å². The van der Waals surface area contributed by atoms with Crippen molar-refractivity contribution in [3.63, 3.8) is 0 Å². The number of hydrogen-bond donors (Lipinski definition) is 0. The van der Waals surface area contributed by atoms with Crippen LogP contribution in [0.4, 0.5) is 0 Å². The minimum absolute atomic E-state index is 0.263. The molecule has 2 aromatic rings. The normalized spacial score (nSPS) is 12.0. The van der Waals surface area contributed by atoms with E-state index in [1.165, 1.54) is 19.8 Å². The molecule has 0 aromatic heterocycles. The Morgan fingerprint density at radius 1 is 0.852 bits per heavy atom. The highest BCUT2D eigenvalue weighted by Gasteiger charge is 2.37. The van der Waals surface area contributed by atoms with Gasteiger partial charge < -0.3 is 14.4 Å². The molecule has 0 aliphatic rings. The van der Waals surface area contributed by atoms with Crippen molar-refractivity contribution in [3.05, 3.63) is 71.8 Å². The molecule has 0 spiro atoms. The molecule has 0 N–H and O–H groups in total. The summed E-state index contributed by atoms with van der Waals surface area (Å²) >= 11 is 0. The first-order valence-corrected chi connectivity index (χ1v) is 8.97. The smallest absolute Gasteiger partial charge is 0.320 e. The van der Waals surface area contributed by atoms with Crippen LogP contribution in [0.2, 0.25) is 0 Å². The summed E-state index contributed by atoms with van der Waals surface area (Å²) in [6.45, 7) is 1.28. The van der Waals surface area contributed by atoms with Gasteiger partial charge in [0.25, 0.3) is 0 Å². The summed E-state index contributed by atoms with van der Waals surface area (Å²) in [5.74, 6) is -2.34. The van der Waals surface area contributed by atoms with E-state index in [0.717, 1.165) is 12.1 Å². The van der Waals surface area contributed by atoms with Crippen LogP contribution in [0.5, 0.6) is 0 Å². The van der Waals surface area contributed by atoms with E-state index in [1.807, 2.05) is 55.6 Å². The molecule has 0 aliphatic heterocycles. The highest BCUT2D eigenvalue weighted by atomic mass is 16.5. The number of rotatable bonds is 9. The molecule has 5 heteroatoms. The summed E-state index contributed by atoms with van der Waals surface area (Å²) in [5, 5.41) is 0. The Balaban J connectivity index is 2.21. The lowest BCUT2D eigenvalue weighted by Gasteiger charge is -2.28. The summed E-state index contributed by atoms with van der Waals surface area (Å²) in [4.78, 5) is 26.8. The zero-order valence-electron chi connectivity index (χ0n) is 16.1. The quantitative estimate of drug-likeness (QED) is 0.502. The van der Waals surface area contributed by atoms with Crippen LogP contribution in [0.15, 0.2) is 60.7 Å². The zero-order valence-corrected chi connectivity index (χ0v) is 16.1. The van der Waals surface area contributed by atoms with Crippen LogP contribution in [0.25, 0.3) is 0 Å².